The van der Waals surface area contributed by atoms with Crippen molar-refractivity contribution in [2.75, 3.05) is 13.1 Å². The third kappa shape index (κ3) is 3.92. The van der Waals surface area contributed by atoms with E-state index >= 15 is 0 Å². The molecule has 2 heterocycles. The Kier molecular flexibility index (Phi) is 5.68. The number of alkyl halides is 3. The van der Waals surface area contributed by atoms with Crippen LogP contribution in [0.4, 0.5) is 13.2 Å². The lowest BCUT2D eigenvalue weighted by Gasteiger charge is -2.24. The van der Waals surface area contributed by atoms with Gasteiger partial charge in [0.05, 0.1) is 22.1 Å². The van der Waals surface area contributed by atoms with Gasteiger partial charge < -0.3 is 5.32 Å². The summed E-state index contributed by atoms with van der Waals surface area (Å²) in [5.74, 6) is 0. The van der Waals surface area contributed by atoms with Gasteiger partial charge in [-0.05, 0) is 37.5 Å². The summed E-state index contributed by atoms with van der Waals surface area (Å²) in [5, 5.41) is 12.3. The van der Waals surface area contributed by atoms with E-state index in [9.17, 15) is 21.6 Å². The zero-order valence-corrected chi connectivity index (χ0v) is 14.7. The number of nitriles is 1. The van der Waals surface area contributed by atoms with Gasteiger partial charge in [-0.2, -0.15) is 22.7 Å². The fourth-order valence-corrected chi connectivity index (χ4v) is 4.83. The minimum atomic E-state index is -4.70. The van der Waals surface area contributed by atoms with Gasteiger partial charge in [-0.25, -0.2) is 8.42 Å². The van der Waals surface area contributed by atoms with Crippen molar-refractivity contribution in [1.29, 1.82) is 5.26 Å². The molecule has 1 aromatic carbocycles. The van der Waals surface area contributed by atoms with Crippen LogP contribution in [0.5, 0.6) is 0 Å². The van der Waals surface area contributed by atoms with Gasteiger partial charge in [0, 0.05) is 25.2 Å². The van der Waals surface area contributed by atoms with E-state index in [4.69, 9.17) is 5.26 Å². The van der Waals surface area contributed by atoms with Crippen LogP contribution in [-0.2, 0) is 16.2 Å². The van der Waals surface area contributed by atoms with E-state index in [1.165, 1.54) is 10.4 Å². The highest BCUT2D eigenvalue weighted by Crippen LogP contribution is 2.33. The lowest BCUT2D eigenvalue weighted by atomic mass is 10.1. The Balaban J connectivity index is 0.00000225. The number of nitrogens with zero attached hydrogens (tertiary/aromatic N) is 2. The largest absolute Gasteiger partial charge is 0.417 e. The number of fused-ring (bicyclic) bond motifs is 2. The molecule has 2 atom stereocenters. The van der Waals surface area contributed by atoms with Gasteiger partial charge in [-0.3, -0.25) is 0 Å². The summed E-state index contributed by atoms with van der Waals surface area (Å²) >= 11 is 0. The standard InChI is InChI=1S/C15H16F3N3O2S.ClH/c16-15(17,18)14-4-3-13(7-10(14)8-19)24(22,23)21-6-5-11-1-2-12(9-21)20-11;/h3-4,7,11-12,20H,1-2,5-6,9H2;1H. The quantitative estimate of drug-likeness (QED) is 0.835. The Labute approximate surface area is 150 Å². The van der Waals surface area contributed by atoms with Gasteiger partial charge in [0.25, 0.3) is 0 Å². The van der Waals surface area contributed by atoms with Gasteiger partial charge in [0.15, 0.2) is 0 Å². The van der Waals surface area contributed by atoms with Gasteiger partial charge in [-0.15, -0.1) is 12.4 Å². The molecular formula is C15H17ClF3N3O2S. The SMILES string of the molecule is Cl.N#Cc1cc(S(=O)(=O)N2CCC3CCC(C2)N3)ccc1C(F)(F)F. The first-order valence-electron chi connectivity index (χ1n) is 7.59. The van der Waals surface area contributed by atoms with E-state index < -0.39 is 27.3 Å². The van der Waals surface area contributed by atoms with Gasteiger partial charge in [-0.1, -0.05) is 0 Å². The Morgan fingerprint density at radius 1 is 1.20 bits per heavy atom. The molecule has 2 unspecified atom stereocenters. The summed E-state index contributed by atoms with van der Waals surface area (Å²) in [6.07, 6.45) is -2.13. The first-order chi connectivity index (χ1) is 11.2. The summed E-state index contributed by atoms with van der Waals surface area (Å²) < 4.78 is 65.4. The molecule has 0 radical (unpaired) electrons. The highest BCUT2D eigenvalue weighted by atomic mass is 35.5. The number of benzene rings is 1. The maximum atomic E-state index is 12.9. The molecule has 0 aliphatic carbocycles. The van der Waals surface area contributed by atoms with Crippen molar-refractivity contribution in [2.45, 2.75) is 42.4 Å². The van der Waals surface area contributed by atoms with E-state index in [1.54, 1.807) is 0 Å². The van der Waals surface area contributed by atoms with Crippen LogP contribution in [0.25, 0.3) is 0 Å². The number of rotatable bonds is 2. The summed E-state index contributed by atoms with van der Waals surface area (Å²) in [6, 6.07) is 4.20. The van der Waals surface area contributed by atoms with E-state index in [2.05, 4.69) is 5.32 Å². The molecule has 2 bridgehead atoms. The fourth-order valence-electron chi connectivity index (χ4n) is 3.30. The highest BCUT2D eigenvalue weighted by molar-refractivity contribution is 7.89. The molecule has 2 aliphatic rings. The monoisotopic (exact) mass is 395 g/mol. The maximum Gasteiger partial charge on any atom is 0.417 e. The van der Waals surface area contributed by atoms with Crippen LogP contribution in [0, 0.1) is 11.3 Å². The van der Waals surface area contributed by atoms with Crippen molar-refractivity contribution >= 4 is 22.4 Å². The van der Waals surface area contributed by atoms with Crippen LogP contribution in [0.2, 0.25) is 0 Å². The molecule has 10 heteroatoms. The molecule has 2 aliphatic heterocycles. The average Bonchev–Trinajstić information content (AvgIpc) is 2.84. The molecule has 0 spiro atoms. The number of hydrogen-bond acceptors (Lipinski definition) is 4. The smallest absolute Gasteiger partial charge is 0.310 e. The molecule has 0 amide bonds. The van der Waals surface area contributed by atoms with Crippen LogP contribution in [0.1, 0.15) is 30.4 Å². The summed E-state index contributed by atoms with van der Waals surface area (Å²) in [7, 11) is -3.93. The summed E-state index contributed by atoms with van der Waals surface area (Å²) in [6.45, 7) is 0.612. The molecule has 1 aromatic rings. The van der Waals surface area contributed by atoms with Crippen LogP contribution < -0.4 is 5.32 Å². The minimum Gasteiger partial charge on any atom is -0.310 e. The lowest BCUT2D eigenvalue weighted by Crippen LogP contribution is -2.39. The number of sulfonamides is 1. The third-order valence-electron chi connectivity index (χ3n) is 4.54. The normalized spacial score (nSPS) is 24.2. The predicted molar refractivity (Wildman–Crippen MR) is 86.7 cm³/mol. The first-order valence-corrected chi connectivity index (χ1v) is 9.03. The molecule has 0 saturated carbocycles. The molecule has 5 nitrogen and oxygen atoms in total. The second kappa shape index (κ2) is 7.11. The number of halogens is 4. The van der Waals surface area contributed by atoms with E-state index in [1.807, 2.05) is 0 Å². The Morgan fingerprint density at radius 2 is 1.88 bits per heavy atom. The zero-order chi connectivity index (χ0) is 17.5. The lowest BCUT2D eigenvalue weighted by molar-refractivity contribution is -0.137. The molecule has 138 valence electrons. The number of nitrogens with one attached hydrogen (secondary N) is 1. The van der Waals surface area contributed by atoms with Gasteiger partial charge >= 0.3 is 6.18 Å². The Morgan fingerprint density at radius 3 is 2.52 bits per heavy atom. The van der Waals surface area contributed by atoms with Crippen molar-refractivity contribution in [1.82, 2.24) is 9.62 Å². The van der Waals surface area contributed by atoms with E-state index in [-0.39, 0.29) is 29.4 Å². The van der Waals surface area contributed by atoms with E-state index in [0.29, 0.717) is 25.6 Å². The first kappa shape index (κ1) is 20.0. The molecule has 0 aromatic heterocycles. The molecule has 1 N–H and O–H groups in total. The summed E-state index contributed by atoms with van der Waals surface area (Å²) in [5.41, 5.74) is -1.81. The Hall–Kier alpha value is -1.34. The fraction of sp³-hybridized carbons (Fsp3) is 0.533. The molecule has 3 rings (SSSR count). The van der Waals surface area contributed by atoms with Crippen molar-refractivity contribution in [2.24, 2.45) is 0 Å². The van der Waals surface area contributed by atoms with E-state index in [0.717, 1.165) is 25.0 Å². The van der Waals surface area contributed by atoms with Gasteiger partial charge in [0.2, 0.25) is 10.0 Å². The Bertz CT molecular complexity index is 792. The predicted octanol–water partition coefficient (Wildman–Crippen LogP) is 2.51. The van der Waals surface area contributed by atoms with Gasteiger partial charge in [0.1, 0.15) is 0 Å². The second-order valence-corrected chi connectivity index (χ2v) is 8.04. The second-order valence-electron chi connectivity index (χ2n) is 6.11. The molecule has 2 saturated heterocycles. The number of hydrogen-bond donors (Lipinski definition) is 1. The third-order valence-corrected chi connectivity index (χ3v) is 6.40. The van der Waals surface area contributed by atoms with Crippen LogP contribution >= 0.6 is 12.4 Å². The molecule has 2 fully saturated rings. The minimum absolute atomic E-state index is 0. The molecule has 25 heavy (non-hydrogen) atoms. The zero-order valence-electron chi connectivity index (χ0n) is 13.1. The summed E-state index contributed by atoms with van der Waals surface area (Å²) in [4.78, 5) is -0.273. The van der Waals surface area contributed by atoms with Crippen LogP contribution in [-0.4, -0.2) is 37.9 Å². The van der Waals surface area contributed by atoms with Crippen molar-refractivity contribution in [3.8, 4) is 6.07 Å². The van der Waals surface area contributed by atoms with Crippen molar-refractivity contribution in [3.05, 3.63) is 29.3 Å². The maximum absolute atomic E-state index is 12.9. The van der Waals surface area contributed by atoms with Crippen LogP contribution in [0.3, 0.4) is 0 Å². The molecular weight excluding hydrogens is 379 g/mol. The average molecular weight is 396 g/mol. The topological polar surface area (TPSA) is 73.2 Å². The van der Waals surface area contributed by atoms with Crippen molar-refractivity contribution < 1.29 is 21.6 Å². The highest BCUT2D eigenvalue weighted by Gasteiger charge is 2.37. The van der Waals surface area contributed by atoms with Crippen molar-refractivity contribution in [3.63, 3.8) is 0 Å². The van der Waals surface area contributed by atoms with Crippen LogP contribution in [0.15, 0.2) is 23.1 Å².